The van der Waals surface area contributed by atoms with Crippen LogP contribution in [0.5, 0.6) is 11.5 Å². The summed E-state index contributed by atoms with van der Waals surface area (Å²) in [5.74, 6) is 2.44. The molecule has 48 heavy (non-hydrogen) atoms. The third-order valence-corrected chi connectivity index (χ3v) is 12.6. The van der Waals surface area contributed by atoms with Gasteiger partial charge < -0.3 is 9.47 Å². The minimum absolute atomic E-state index is 0.0313. The first-order valence-corrected chi connectivity index (χ1v) is 19.4. The van der Waals surface area contributed by atoms with Gasteiger partial charge in [0.05, 0.1) is 13.2 Å². The number of hydrogen-bond donors (Lipinski definition) is 0. The van der Waals surface area contributed by atoms with Crippen LogP contribution in [0.1, 0.15) is 153 Å². The van der Waals surface area contributed by atoms with E-state index in [9.17, 15) is 17.6 Å². The van der Waals surface area contributed by atoms with Crippen LogP contribution in [0.25, 0.3) is 0 Å². The Balaban J connectivity index is 0.000000188. The number of hydrogen-bond acceptors (Lipinski definition) is 2. The summed E-state index contributed by atoms with van der Waals surface area (Å²) in [6.07, 6.45) is 19.5. The minimum atomic E-state index is -0.822. The van der Waals surface area contributed by atoms with Gasteiger partial charge in [0.15, 0.2) is 23.1 Å². The molecule has 0 saturated heterocycles. The number of halogens is 4. The Bertz CT molecular complexity index is 1180. The Kier molecular flexibility index (Phi) is 13.6. The summed E-state index contributed by atoms with van der Waals surface area (Å²) in [6.45, 7) is 8.96. The van der Waals surface area contributed by atoms with E-state index in [-0.39, 0.29) is 23.3 Å². The van der Waals surface area contributed by atoms with Crippen molar-refractivity contribution in [3.8, 4) is 11.5 Å². The zero-order valence-corrected chi connectivity index (χ0v) is 30.0. The SMILES string of the molecule is CCOc1ccc(C2CCC(C3CCC(C)CC3)CC2)c(F)c1F.CCOc1ccc(C2CCC(C3CCC(C)CC3)CC2)c(F)c1F. The molecule has 4 aliphatic rings. The van der Waals surface area contributed by atoms with Gasteiger partial charge in [-0.05, 0) is 162 Å². The Morgan fingerprint density at radius 1 is 0.438 bits per heavy atom. The first-order valence-electron chi connectivity index (χ1n) is 19.4. The van der Waals surface area contributed by atoms with Gasteiger partial charge in [0.2, 0.25) is 11.6 Å². The minimum Gasteiger partial charge on any atom is -0.491 e. The highest BCUT2D eigenvalue weighted by molar-refractivity contribution is 5.34. The van der Waals surface area contributed by atoms with Crippen LogP contribution in [0.3, 0.4) is 0 Å². The molecule has 0 spiro atoms. The highest BCUT2D eigenvalue weighted by atomic mass is 19.2. The topological polar surface area (TPSA) is 18.5 Å². The molecule has 268 valence electrons. The van der Waals surface area contributed by atoms with Crippen LogP contribution >= 0.6 is 0 Å². The van der Waals surface area contributed by atoms with Gasteiger partial charge in [-0.2, -0.15) is 8.78 Å². The summed E-state index contributed by atoms with van der Waals surface area (Å²) in [6, 6.07) is 6.64. The Morgan fingerprint density at radius 2 is 0.729 bits per heavy atom. The van der Waals surface area contributed by atoms with Crippen molar-refractivity contribution in [2.24, 2.45) is 35.5 Å². The van der Waals surface area contributed by atoms with Crippen molar-refractivity contribution in [1.82, 2.24) is 0 Å². The summed E-state index contributed by atoms with van der Waals surface area (Å²) in [4.78, 5) is 0. The normalized spacial score (nSPS) is 31.0. The predicted octanol–water partition coefficient (Wildman–Crippen LogP) is 12.9. The molecule has 2 aromatic rings. The molecule has 4 fully saturated rings. The Morgan fingerprint density at radius 3 is 1.02 bits per heavy atom. The largest absolute Gasteiger partial charge is 0.491 e. The van der Waals surface area contributed by atoms with Crippen LogP contribution in [0.15, 0.2) is 24.3 Å². The van der Waals surface area contributed by atoms with Crippen molar-refractivity contribution in [3.63, 3.8) is 0 Å². The highest BCUT2D eigenvalue weighted by Crippen LogP contribution is 2.46. The molecule has 0 radical (unpaired) electrons. The summed E-state index contributed by atoms with van der Waals surface area (Å²) in [7, 11) is 0. The van der Waals surface area contributed by atoms with E-state index < -0.39 is 23.3 Å². The Labute approximate surface area is 287 Å². The van der Waals surface area contributed by atoms with E-state index in [0.29, 0.717) is 24.3 Å². The lowest BCUT2D eigenvalue weighted by molar-refractivity contribution is 0.164. The fourth-order valence-corrected chi connectivity index (χ4v) is 9.58. The number of benzene rings is 2. The second-order valence-electron chi connectivity index (χ2n) is 15.7. The lowest BCUT2D eigenvalue weighted by Crippen LogP contribution is -2.25. The van der Waals surface area contributed by atoms with Gasteiger partial charge >= 0.3 is 0 Å². The summed E-state index contributed by atoms with van der Waals surface area (Å²) in [5.41, 5.74) is 1.10. The molecule has 2 aromatic carbocycles. The van der Waals surface area contributed by atoms with Gasteiger partial charge in [0.1, 0.15) is 0 Å². The zero-order chi connectivity index (χ0) is 34.2. The van der Waals surface area contributed by atoms with Gasteiger partial charge in [-0.3, -0.25) is 0 Å². The quantitative estimate of drug-likeness (QED) is 0.260. The van der Waals surface area contributed by atoms with E-state index in [0.717, 1.165) is 86.9 Å². The molecule has 0 N–H and O–H groups in total. The van der Waals surface area contributed by atoms with Crippen molar-refractivity contribution in [2.75, 3.05) is 13.2 Å². The average Bonchev–Trinajstić information content (AvgIpc) is 3.10. The summed E-state index contributed by atoms with van der Waals surface area (Å²) >= 11 is 0. The highest BCUT2D eigenvalue weighted by Gasteiger charge is 2.33. The maximum atomic E-state index is 14.4. The summed E-state index contributed by atoms with van der Waals surface area (Å²) < 4.78 is 67.3. The van der Waals surface area contributed by atoms with Crippen LogP contribution in [0.2, 0.25) is 0 Å². The molecule has 4 saturated carbocycles. The lowest BCUT2D eigenvalue weighted by atomic mass is 9.68. The maximum Gasteiger partial charge on any atom is 0.200 e. The van der Waals surface area contributed by atoms with Crippen LogP contribution < -0.4 is 9.47 Å². The third-order valence-electron chi connectivity index (χ3n) is 12.6. The monoisotopic (exact) mass is 672 g/mol. The molecule has 6 rings (SSSR count). The molecule has 4 aliphatic carbocycles. The molecular weight excluding hydrogens is 612 g/mol. The summed E-state index contributed by atoms with van der Waals surface area (Å²) in [5, 5.41) is 0. The lowest BCUT2D eigenvalue weighted by Gasteiger charge is -2.37. The van der Waals surface area contributed by atoms with Crippen molar-refractivity contribution in [1.29, 1.82) is 0 Å². The molecule has 0 aliphatic heterocycles. The molecule has 6 heteroatoms. The molecule has 2 nitrogen and oxygen atoms in total. The molecule has 0 aromatic heterocycles. The van der Waals surface area contributed by atoms with E-state index in [1.54, 1.807) is 38.1 Å². The van der Waals surface area contributed by atoms with Crippen LogP contribution in [-0.2, 0) is 0 Å². The van der Waals surface area contributed by atoms with Gasteiger partial charge in [0.25, 0.3) is 0 Å². The maximum absolute atomic E-state index is 14.4. The fourth-order valence-electron chi connectivity index (χ4n) is 9.58. The molecule has 0 bridgehead atoms. The van der Waals surface area contributed by atoms with E-state index >= 15 is 0 Å². The van der Waals surface area contributed by atoms with Crippen molar-refractivity contribution in [2.45, 2.75) is 142 Å². The standard InChI is InChI=1S/2C21H30F2O/c2*1-3-24-19-13-12-18(20(22)21(19)23)17-10-8-16(9-11-17)15-6-4-14(2)5-7-15/h2*12-17H,3-11H2,1-2H3. The van der Waals surface area contributed by atoms with E-state index in [2.05, 4.69) is 13.8 Å². The van der Waals surface area contributed by atoms with Crippen LogP contribution in [0, 0.1) is 58.8 Å². The van der Waals surface area contributed by atoms with Gasteiger partial charge in [0, 0.05) is 0 Å². The third kappa shape index (κ3) is 9.10. The second kappa shape index (κ2) is 17.6. The van der Waals surface area contributed by atoms with Crippen molar-refractivity contribution < 1.29 is 27.0 Å². The fraction of sp³-hybridized carbons (Fsp3) is 0.714. The molecule has 0 atom stereocenters. The van der Waals surface area contributed by atoms with Gasteiger partial charge in [-0.15, -0.1) is 0 Å². The smallest absolute Gasteiger partial charge is 0.200 e. The number of rotatable bonds is 8. The van der Waals surface area contributed by atoms with E-state index in [1.807, 2.05) is 0 Å². The van der Waals surface area contributed by atoms with Crippen molar-refractivity contribution >= 4 is 0 Å². The van der Waals surface area contributed by atoms with E-state index in [4.69, 9.17) is 9.47 Å². The van der Waals surface area contributed by atoms with Gasteiger partial charge in [-0.25, -0.2) is 8.78 Å². The first-order chi connectivity index (χ1) is 23.2. The van der Waals surface area contributed by atoms with Gasteiger partial charge in [-0.1, -0.05) is 51.7 Å². The molecule has 0 heterocycles. The molecule has 0 unspecified atom stereocenters. The number of ether oxygens (including phenoxy) is 2. The first kappa shape index (κ1) is 37.0. The molecular formula is C42H60F4O2. The molecule has 0 amide bonds. The second-order valence-corrected chi connectivity index (χ2v) is 15.7. The predicted molar refractivity (Wildman–Crippen MR) is 187 cm³/mol. The van der Waals surface area contributed by atoms with Crippen LogP contribution in [-0.4, -0.2) is 13.2 Å². The van der Waals surface area contributed by atoms with Crippen molar-refractivity contribution in [3.05, 3.63) is 58.7 Å². The van der Waals surface area contributed by atoms with Crippen LogP contribution in [0.4, 0.5) is 17.6 Å². The zero-order valence-electron chi connectivity index (χ0n) is 30.0. The van der Waals surface area contributed by atoms with E-state index in [1.165, 1.54) is 51.4 Å². The Hall–Kier alpha value is -2.24. The average molecular weight is 673 g/mol.